The number of nitrogens with zero attached hydrogens (tertiary/aromatic N) is 4. The van der Waals surface area contributed by atoms with Crippen LogP contribution in [0, 0.1) is 17.0 Å². The molecule has 212 valence electrons. The lowest BCUT2D eigenvalue weighted by Crippen LogP contribution is -2.39. The molecule has 9 nitrogen and oxygen atoms in total. The zero-order valence-corrected chi connectivity index (χ0v) is 23.3. The summed E-state index contributed by atoms with van der Waals surface area (Å²) in [5.74, 6) is -0.273. The topological polar surface area (TPSA) is 110 Å². The smallest absolute Gasteiger partial charge is 0.269 e. The van der Waals surface area contributed by atoms with Crippen molar-refractivity contribution >= 4 is 28.3 Å². The molecule has 0 radical (unpaired) electrons. The van der Waals surface area contributed by atoms with Gasteiger partial charge in [-0.05, 0) is 40.5 Å². The summed E-state index contributed by atoms with van der Waals surface area (Å²) in [7, 11) is 0. The Morgan fingerprint density at radius 3 is 2.48 bits per heavy atom. The predicted octanol–water partition coefficient (Wildman–Crippen LogP) is 5.30. The Bertz CT molecular complexity index is 1720. The highest BCUT2D eigenvalue weighted by molar-refractivity contribution is 5.96. The molecule has 5 aromatic rings. The van der Waals surface area contributed by atoms with Gasteiger partial charge in [0.1, 0.15) is 0 Å². The van der Waals surface area contributed by atoms with Gasteiger partial charge >= 0.3 is 0 Å². The molecule has 9 heteroatoms. The third kappa shape index (κ3) is 6.69. The summed E-state index contributed by atoms with van der Waals surface area (Å²) in [6.07, 6.45) is 3.39. The molecule has 5 rings (SSSR count). The minimum atomic E-state index is -0.436. The molecule has 0 aliphatic rings. The van der Waals surface area contributed by atoms with Crippen molar-refractivity contribution in [1.29, 1.82) is 0 Å². The average Bonchev–Trinajstić information content (AvgIpc) is 3.42. The number of carbonyl (C=O) groups is 2. The molecule has 0 bridgehead atoms. The van der Waals surface area contributed by atoms with Crippen LogP contribution in [0.2, 0.25) is 0 Å². The molecule has 0 saturated carbocycles. The molecular formula is C33H31N5O4. The van der Waals surface area contributed by atoms with Crippen LogP contribution in [-0.2, 0) is 24.3 Å². The van der Waals surface area contributed by atoms with Gasteiger partial charge in [0.2, 0.25) is 5.91 Å². The maximum absolute atomic E-state index is 13.7. The van der Waals surface area contributed by atoms with E-state index < -0.39 is 4.92 Å². The van der Waals surface area contributed by atoms with Crippen LogP contribution >= 0.6 is 0 Å². The van der Waals surface area contributed by atoms with Crippen LogP contribution in [0.4, 0.5) is 5.69 Å². The first-order chi connectivity index (χ1) is 20.4. The number of aryl methyl sites for hydroxylation is 1. The van der Waals surface area contributed by atoms with Crippen LogP contribution < -0.4 is 5.32 Å². The first-order valence-corrected chi connectivity index (χ1v) is 13.7. The number of amides is 2. The number of non-ortho nitro benzene ring substituents is 1. The number of rotatable bonds is 11. The molecule has 42 heavy (non-hydrogen) atoms. The van der Waals surface area contributed by atoms with E-state index in [1.54, 1.807) is 29.6 Å². The second-order valence-electron chi connectivity index (χ2n) is 10.1. The van der Waals surface area contributed by atoms with Gasteiger partial charge in [0, 0.05) is 55.8 Å². The van der Waals surface area contributed by atoms with Crippen molar-refractivity contribution in [3.63, 3.8) is 0 Å². The van der Waals surface area contributed by atoms with Gasteiger partial charge in [-0.25, -0.2) is 4.98 Å². The summed E-state index contributed by atoms with van der Waals surface area (Å²) in [5.41, 5.74) is 4.18. The van der Waals surface area contributed by atoms with Crippen molar-refractivity contribution in [1.82, 2.24) is 19.8 Å². The van der Waals surface area contributed by atoms with Crippen LogP contribution in [0.3, 0.4) is 0 Å². The van der Waals surface area contributed by atoms with Crippen LogP contribution in [0.1, 0.15) is 32.7 Å². The van der Waals surface area contributed by atoms with Crippen LogP contribution in [0.5, 0.6) is 0 Å². The van der Waals surface area contributed by atoms with Gasteiger partial charge in [-0.1, -0.05) is 72.8 Å². The van der Waals surface area contributed by atoms with Gasteiger partial charge in [-0.3, -0.25) is 19.7 Å². The molecule has 4 aromatic carbocycles. The Labute approximate surface area is 243 Å². The number of hydrogen-bond acceptors (Lipinski definition) is 5. The predicted molar refractivity (Wildman–Crippen MR) is 161 cm³/mol. The molecule has 0 atom stereocenters. The summed E-state index contributed by atoms with van der Waals surface area (Å²) in [4.78, 5) is 43.0. The molecule has 1 aromatic heterocycles. The highest BCUT2D eigenvalue weighted by atomic mass is 16.6. The highest BCUT2D eigenvalue weighted by Crippen LogP contribution is 2.21. The summed E-state index contributed by atoms with van der Waals surface area (Å²) in [6, 6.07) is 28.0. The number of imidazole rings is 1. The van der Waals surface area contributed by atoms with Crippen molar-refractivity contribution in [2.45, 2.75) is 26.4 Å². The minimum absolute atomic E-state index is 0.0272. The quantitative estimate of drug-likeness (QED) is 0.174. The number of fused-ring (bicyclic) bond motifs is 1. The SMILES string of the molecule is Cc1ccccc1C(=O)N(CCNC(=O)Cc1cncn1Cc1ccc([N+](=O)[O-])cc1)Cc1cccc2ccccc12. The Hall–Kier alpha value is -5.31. The number of nitro benzene ring substituents is 1. The summed E-state index contributed by atoms with van der Waals surface area (Å²) in [5, 5.41) is 16.1. The number of carbonyl (C=O) groups excluding carboxylic acids is 2. The molecule has 0 unspecified atom stereocenters. The van der Waals surface area contributed by atoms with Crippen molar-refractivity contribution in [2.75, 3.05) is 13.1 Å². The summed E-state index contributed by atoms with van der Waals surface area (Å²) < 4.78 is 1.84. The van der Waals surface area contributed by atoms with E-state index >= 15 is 0 Å². The molecule has 1 heterocycles. The molecule has 1 N–H and O–H groups in total. The number of aromatic nitrogens is 2. The molecule has 0 aliphatic carbocycles. The Kier molecular flexibility index (Phi) is 8.67. The molecular weight excluding hydrogens is 530 g/mol. The van der Waals surface area contributed by atoms with Gasteiger partial charge in [-0.15, -0.1) is 0 Å². The van der Waals surface area contributed by atoms with Crippen molar-refractivity contribution < 1.29 is 14.5 Å². The van der Waals surface area contributed by atoms with Crippen molar-refractivity contribution in [2.24, 2.45) is 0 Å². The normalized spacial score (nSPS) is 10.9. The molecule has 0 aliphatic heterocycles. The fraction of sp³-hybridized carbons (Fsp3) is 0.182. The van der Waals surface area contributed by atoms with Gasteiger partial charge in [0.15, 0.2) is 0 Å². The molecule has 0 fully saturated rings. The van der Waals surface area contributed by atoms with Gasteiger partial charge in [-0.2, -0.15) is 0 Å². The van der Waals surface area contributed by atoms with Crippen LogP contribution in [0.15, 0.2) is 104 Å². The van der Waals surface area contributed by atoms with E-state index in [0.29, 0.717) is 25.2 Å². The van der Waals surface area contributed by atoms with E-state index in [0.717, 1.165) is 33.2 Å². The van der Waals surface area contributed by atoms with Gasteiger partial charge in [0.05, 0.1) is 17.7 Å². The number of nitrogens with one attached hydrogen (secondary N) is 1. The third-order valence-corrected chi connectivity index (χ3v) is 7.25. The molecule has 0 saturated heterocycles. The zero-order chi connectivity index (χ0) is 29.5. The average molecular weight is 562 g/mol. The third-order valence-electron chi connectivity index (χ3n) is 7.25. The zero-order valence-electron chi connectivity index (χ0n) is 23.3. The van der Waals surface area contributed by atoms with Gasteiger partial charge < -0.3 is 14.8 Å². The summed E-state index contributed by atoms with van der Waals surface area (Å²) in [6.45, 7) is 3.39. The second kappa shape index (κ2) is 12.9. The lowest BCUT2D eigenvalue weighted by Gasteiger charge is -2.25. The number of nitro groups is 1. The molecule has 0 spiro atoms. The fourth-order valence-electron chi connectivity index (χ4n) is 4.99. The Balaban J connectivity index is 1.25. The first kappa shape index (κ1) is 28.2. The molecule has 2 amide bonds. The van der Waals surface area contributed by atoms with Crippen molar-refractivity contribution in [3.8, 4) is 0 Å². The van der Waals surface area contributed by atoms with E-state index in [-0.39, 0.29) is 30.5 Å². The largest absolute Gasteiger partial charge is 0.354 e. The van der Waals surface area contributed by atoms with Gasteiger partial charge in [0.25, 0.3) is 11.6 Å². The fourth-order valence-corrected chi connectivity index (χ4v) is 4.99. The van der Waals surface area contributed by atoms with E-state index in [4.69, 9.17) is 0 Å². The summed E-state index contributed by atoms with van der Waals surface area (Å²) >= 11 is 0. The number of benzene rings is 4. The monoisotopic (exact) mass is 561 g/mol. The standard InChI is InChI=1S/C33H31N5O4/c1-24-7-2-4-11-30(24)33(40)36(22-27-10-6-9-26-8-3-5-12-31(26)27)18-17-35-32(39)19-29-20-34-23-37(29)21-25-13-15-28(16-14-25)38(41)42/h2-16,20,23H,17-19,21-22H2,1H3,(H,35,39). The highest BCUT2D eigenvalue weighted by Gasteiger charge is 2.19. The van der Waals surface area contributed by atoms with E-state index in [9.17, 15) is 19.7 Å². The lowest BCUT2D eigenvalue weighted by molar-refractivity contribution is -0.384. The number of hydrogen-bond donors (Lipinski definition) is 1. The van der Waals surface area contributed by atoms with E-state index in [1.165, 1.54) is 12.1 Å². The maximum atomic E-state index is 13.7. The van der Waals surface area contributed by atoms with Crippen LogP contribution in [-0.4, -0.2) is 44.3 Å². The lowest BCUT2D eigenvalue weighted by atomic mass is 10.0. The van der Waals surface area contributed by atoms with Crippen LogP contribution in [0.25, 0.3) is 10.8 Å². The Morgan fingerprint density at radius 2 is 1.69 bits per heavy atom. The van der Waals surface area contributed by atoms with E-state index in [1.807, 2.05) is 60.0 Å². The minimum Gasteiger partial charge on any atom is -0.354 e. The first-order valence-electron chi connectivity index (χ1n) is 13.7. The van der Waals surface area contributed by atoms with E-state index in [2.05, 4.69) is 28.5 Å². The van der Waals surface area contributed by atoms with Crippen molar-refractivity contribution in [3.05, 3.63) is 142 Å². The second-order valence-corrected chi connectivity index (χ2v) is 10.1. The Morgan fingerprint density at radius 1 is 0.952 bits per heavy atom. The maximum Gasteiger partial charge on any atom is 0.269 e.